The first-order valence-electron chi connectivity index (χ1n) is 7.02. The van der Waals surface area contributed by atoms with Crippen LogP contribution in [0.3, 0.4) is 0 Å². The van der Waals surface area contributed by atoms with Crippen molar-refractivity contribution < 1.29 is 14.2 Å². The summed E-state index contributed by atoms with van der Waals surface area (Å²) in [6.07, 6.45) is 0. The molecule has 0 amide bonds. The molecule has 0 saturated heterocycles. The Labute approximate surface area is 124 Å². The van der Waals surface area contributed by atoms with E-state index in [2.05, 4.69) is 30.4 Å². The molecule has 2 aromatic rings. The molecule has 0 aliphatic carbocycles. The highest BCUT2D eigenvalue weighted by atomic mass is 16.7. The fraction of sp³-hybridized carbons (Fsp3) is 0.294. The lowest BCUT2D eigenvalue weighted by Gasteiger charge is -2.13. The first-order valence-corrected chi connectivity index (χ1v) is 7.02. The summed E-state index contributed by atoms with van der Waals surface area (Å²) in [5.41, 5.74) is 3.45. The first-order chi connectivity index (χ1) is 10.3. The van der Waals surface area contributed by atoms with Crippen LogP contribution in [0.4, 0.5) is 0 Å². The van der Waals surface area contributed by atoms with Crippen LogP contribution in [0.15, 0.2) is 36.4 Å². The SMILES string of the molecule is CNCc1cc2c(cc1OCc1cccc(C)c1)OCO2. The molecule has 4 nitrogen and oxygen atoms in total. The van der Waals surface area contributed by atoms with E-state index < -0.39 is 0 Å². The normalized spacial score (nSPS) is 12.5. The van der Waals surface area contributed by atoms with E-state index in [-0.39, 0.29) is 6.79 Å². The Kier molecular flexibility index (Phi) is 3.97. The molecule has 21 heavy (non-hydrogen) atoms. The maximum Gasteiger partial charge on any atom is 0.231 e. The van der Waals surface area contributed by atoms with Gasteiger partial charge in [0, 0.05) is 18.2 Å². The van der Waals surface area contributed by atoms with Crippen LogP contribution >= 0.6 is 0 Å². The molecule has 0 saturated carbocycles. The van der Waals surface area contributed by atoms with Gasteiger partial charge in [0.25, 0.3) is 0 Å². The summed E-state index contributed by atoms with van der Waals surface area (Å²) in [6.45, 7) is 3.62. The second kappa shape index (κ2) is 6.06. The quantitative estimate of drug-likeness (QED) is 0.916. The van der Waals surface area contributed by atoms with Crippen LogP contribution in [-0.4, -0.2) is 13.8 Å². The van der Waals surface area contributed by atoms with E-state index in [0.717, 1.165) is 34.9 Å². The van der Waals surface area contributed by atoms with Crippen LogP contribution in [-0.2, 0) is 13.2 Å². The van der Waals surface area contributed by atoms with E-state index in [9.17, 15) is 0 Å². The zero-order chi connectivity index (χ0) is 14.7. The number of ether oxygens (including phenoxy) is 3. The van der Waals surface area contributed by atoms with Crippen molar-refractivity contribution in [1.29, 1.82) is 0 Å². The fourth-order valence-corrected chi connectivity index (χ4v) is 2.39. The number of fused-ring (bicyclic) bond motifs is 1. The molecule has 1 aliphatic rings. The molecule has 0 bridgehead atoms. The summed E-state index contributed by atoms with van der Waals surface area (Å²) in [5, 5.41) is 3.15. The summed E-state index contributed by atoms with van der Waals surface area (Å²) < 4.78 is 16.8. The third kappa shape index (κ3) is 3.11. The Hall–Kier alpha value is -2.20. The van der Waals surface area contributed by atoms with E-state index in [4.69, 9.17) is 14.2 Å². The summed E-state index contributed by atoms with van der Waals surface area (Å²) in [7, 11) is 1.91. The molecule has 110 valence electrons. The molecular weight excluding hydrogens is 266 g/mol. The van der Waals surface area contributed by atoms with E-state index in [0.29, 0.717) is 6.61 Å². The highest BCUT2D eigenvalue weighted by Gasteiger charge is 2.17. The van der Waals surface area contributed by atoms with Crippen molar-refractivity contribution in [2.24, 2.45) is 0 Å². The van der Waals surface area contributed by atoms with Gasteiger partial charge < -0.3 is 19.5 Å². The van der Waals surface area contributed by atoms with Crippen LogP contribution in [0, 0.1) is 6.92 Å². The second-order valence-electron chi connectivity index (χ2n) is 5.12. The Morgan fingerprint density at radius 2 is 1.95 bits per heavy atom. The molecule has 0 unspecified atom stereocenters. The number of rotatable bonds is 5. The van der Waals surface area contributed by atoms with Gasteiger partial charge in [0.05, 0.1) is 0 Å². The molecule has 0 aromatic heterocycles. The average molecular weight is 285 g/mol. The average Bonchev–Trinajstić information content (AvgIpc) is 2.92. The molecule has 0 fully saturated rings. The molecule has 2 aromatic carbocycles. The van der Waals surface area contributed by atoms with Gasteiger partial charge in [-0.2, -0.15) is 0 Å². The van der Waals surface area contributed by atoms with Gasteiger partial charge in [-0.3, -0.25) is 0 Å². The maximum atomic E-state index is 5.98. The zero-order valence-electron chi connectivity index (χ0n) is 12.3. The van der Waals surface area contributed by atoms with Crippen molar-refractivity contribution in [1.82, 2.24) is 5.32 Å². The smallest absolute Gasteiger partial charge is 0.231 e. The highest BCUT2D eigenvalue weighted by molar-refractivity contribution is 5.51. The Bertz CT molecular complexity index is 640. The Morgan fingerprint density at radius 3 is 2.71 bits per heavy atom. The van der Waals surface area contributed by atoms with Gasteiger partial charge in [-0.1, -0.05) is 29.8 Å². The van der Waals surface area contributed by atoms with Crippen LogP contribution < -0.4 is 19.5 Å². The molecule has 0 spiro atoms. The number of hydrogen-bond donors (Lipinski definition) is 1. The van der Waals surface area contributed by atoms with Gasteiger partial charge in [0.2, 0.25) is 6.79 Å². The minimum atomic E-state index is 0.273. The van der Waals surface area contributed by atoms with Crippen molar-refractivity contribution in [2.45, 2.75) is 20.1 Å². The predicted octanol–water partition coefficient (Wildman–Crippen LogP) is 3.02. The number of aryl methyl sites for hydroxylation is 1. The fourth-order valence-electron chi connectivity index (χ4n) is 2.39. The van der Waals surface area contributed by atoms with Crippen LogP contribution in [0.2, 0.25) is 0 Å². The molecule has 3 rings (SSSR count). The van der Waals surface area contributed by atoms with Crippen LogP contribution in [0.5, 0.6) is 17.2 Å². The minimum Gasteiger partial charge on any atom is -0.488 e. The van der Waals surface area contributed by atoms with Gasteiger partial charge in [-0.05, 0) is 25.6 Å². The van der Waals surface area contributed by atoms with Gasteiger partial charge >= 0.3 is 0 Å². The summed E-state index contributed by atoms with van der Waals surface area (Å²) >= 11 is 0. The number of nitrogens with one attached hydrogen (secondary N) is 1. The molecule has 1 N–H and O–H groups in total. The topological polar surface area (TPSA) is 39.7 Å². The Balaban J connectivity index is 1.80. The summed E-state index contributed by atoms with van der Waals surface area (Å²) in [5.74, 6) is 2.35. The molecule has 0 atom stereocenters. The largest absolute Gasteiger partial charge is 0.488 e. The van der Waals surface area contributed by atoms with E-state index in [1.807, 2.05) is 25.2 Å². The Morgan fingerprint density at radius 1 is 1.14 bits per heavy atom. The molecule has 1 heterocycles. The van der Waals surface area contributed by atoms with E-state index in [1.165, 1.54) is 5.56 Å². The predicted molar refractivity (Wildman–Crippen MR) is 80.8 cm³/mol. The molecular formula is C17H19NO3. The van der Waals surface area contributed by atoms with Crippen molar-refractivity contribution >= 4 is 0 Å². The second-order valence-corrected chi connectivity index (χ2v) is 5.12. The lowest BCUT2D eigenvalue weighted by molar-refractivity contribution is 0.173. The lowest BCUT2D eigenvalue weighted by atomic mass is 10.1. The van der Waals surface area contributed by atoms with Gasteiger partial charge in [-0.15, -0.1) is 0 Å². The lowest BCUT2D eigenvalue weighted by Crippen LogP contribution is -2.07. The third-order valence-corrected chi connectivity index (χ3v) is 3.40. The third-order valence-electron chi connectivity index (χ3n) is 3.40. The van der Waals surface area contributed by atoms with Crippen molar-refractivity contribution in [3.05, 3.63) is 53.1 Å². The minimum absolute atomic E-state index is 0.273. The van der Waals surface area contributed by atoms with Gasteiger partial charge in [-0.25, -0.2) is 0 Å². The summed E-state index contributed by atoms with van der Waals surface area (Å²) in [4.78, 5) is 0. The standard InChI is InChI=1S/C17H19NO3/c1-12-4-3-5-13(6-12)10-19-15-8-17-16(20-11-21-17)7-14(15)9-18-2/h3-8,18H,9-11H2,1-2H3. The van der Waals surface area contributed by atoms with E-state index >= 15 is 0 Å². The molecule has 4 heteroatoms. The summed E-state index contributed by atoms with van der Waals surface area (Å²) in [6, 6.07) is 12.2. The van der Waals surface area contributed by atoms with Crippen molar-refractivity contribution in [2.75, 3.05) is 13.8 Å². The monoisotopic (exact) mass is 285 g/mol. The molecule has 0 radical (unpaired) electrons. The number of benzene rings is 2. The van der Waals surface area contributed by atoms with Crippen LogP contribution in [0.25, 0.3) is 0 Å². The van der Waals surface area contributed by atoms with E-state index in [1.54, 1.807) is 0 Å². The number of hydrogen-bond acceptors (Lipinski definition) is 4. The van der Waals surface area contributed by atoms with Gasteiger partial charge in [0.1, 0.15) is 12.4 Å². The molecule has 1 aliphatic heterocycles. The van der Waals surface area contributed by atoms with Crippen molar-refractivity contribution in [3.63, 3.8) is 0 Å². The first kappa shape index (κ1) is 13.8. The van der Waals surface area contributed by atoms with Gasteiger partial charge in [0.15, 0.2) is 11.5 Å². The zero-order valence-corrected chi connectivity index (χ0v) is 12.3. The van der Waals surface area contributed by atoms with Crippen LogP contribution in [0.1, 0.15) is 16.7 Å². The highest BCUT2D eigenvalue weighted by Crippen LogP contribution is 2.38. The maximum absolute atomic E-state index is 5.98. The van der Waals surface area contributed by atoms with Crippen molar-refractivity contribution in [3.8, 4) is 17.2 Å².